The zero-order chi connectivity index (χ0) is 20.7. The van der Waals surface area contributed by atoms with Gasteiger partial charge >= 0.3 is 5.63 Å². The molecule has 30 heavy (non-hydrogen) atoms. The molecule has 5 nitrogen and oxygen atoms in total. The quantitative estimate of drug-likeness (QED) is 0.265. The summed E-state index contributed by atoms with van der Waals surface area (Å²) in [6.45, 7) is 2.18. The lowest BCUT2D eigenvalue weighted by atomic mass is 10.0. The number of benzene rings is 2. The Morgan fingerprint density at radius 1 is 1.13 bits per heavy atom. The number of nitrogens with zero attached hydrogens (tertiary/aromatic N) is 2. The van der Waals surface area contributed by atoms with Crippen molar-refractivity contribution >= 4 is 37.5 Å². The molecule has 0 saturated heterocycles. The molecule has 152 valence electrons. The SMILES string of the molecule is CCCCCCc1cc2cc(-c3cn4c(n3)sc3ccccc34)c(=O)oc2cc1O. The summed E-state index contributed by atoms with van der Waals surface area (Å²) in [6, 6.07) is 13.4. The molecule has 3 aromatic heterocycles. The number of imidazole rings is 1. The lowest BCUT2D eigenvalue weighted by molar-refractivity contribution is 0.464. The monoisotopic (exact) mass is 418 g/mol. The van der Waals surface area contributed by atoms with E-state index in [2.05, 4.69) is 18.0 Å². The van der Waals surface area contributed by atoms with Gasteiger partial charge in [0.2, 0.25) is 0 Å². The number of phenols is 1. The van der Waals surface area contributed by atoms with E-state index in [1.54, 1.807) is 17.4 Å². The molecule has 0 atom stereocenters. The van der Waals surface area contributed by atoms with Gasteiger partial charge in [-0.3, -0.25) is 4.40 Å². The number of rotatable bonds is 6. The van der Waals surface area contributed by atoms with Gasteiger partial charge in [0.15, 0.2) is 4.96 Å². The fourth-order valence-electron chi connectivity index (χ4n) is 3.90. The van der Waals surface area contributed by atoms with Gasteiger partial charge in [0.1, 0.15) is 11.3 Å². The van der Waals surface area contributed by atoms with Gasteiger partial charge in [-0.05, 0) is 42.7 Å². The highest BCUT2D eigenvalue weighted by Gasteiger charge is 2.15. The number of aryl methyl sites for hydroxylation is 1. The first-order chi connectivity index (χ1) is 14.6. The molecule has 5 aromatic rings. The molecule has 2 aromatic carbocycles. The number of hydrogen-bond acceptors (Lipinski definition) is 5. The third kappa shape index (κ3) is 3.27. The fraction of sp³-hybridized carbons (Fsp3) is 0.250. The maximum atomic E-state index is 12.6. The molecule has 0 radical (unpaired) electrons. The van der Waals surface area contributed by atoms with Crippen LogP contribution in [0, 0.1) is 0 Å². The van der Waals surface area contributed by atoms with Crippen LogP contribution in [0.25, 0.3) is 37.4 Å². The predicted octanol–water partition coefficient (Wildman–Crippen LogP) is 6.15. The van der Waals surface area contributed by atoms with Crippen LogP contribution in [0.4, 0.5) is 0 Å². The molecule has 0 aliphatic heterocycles. The smallest absolute Gasteiger partial charge is 0.345 e. The Labute approximate surface area is 177 Å². The maximum absolute atomic E-state index is 12.6. The number of hydrogen-bond donors (Lipinski definition) is 1. The highest BCUT2D eigenvalue weighted by atomic mass is 32.1. The zero-order valence-electron chi connectivity index (χ0n) is 16.7. The largest absolute Gasteiger partial charge is 0.508 e. The second-order valence-corrected chi connectivity index (χ2v) is 8.63. The van der Waals surface area contributed by atoms with Crippen molar-refractivity contribution in [3.05, 3.63) is 64.6 Å². The highest BCUT2D eigenvalue weighted by molar-refractivity contribution is 7.23. The second-order valence-electron chi connectivity index (χ2n) is 7.63. The van der Waals surface area contributed by atoms with E-state index in [9.17, 15) is 9.90 Å². The van der Waals surface area contributed by atoms with E-state index in [-0.39, 0.29) is 5.75 Å². The van der Waals surface area contributed by atoms with E-state index >= 15 is 0 Å². The molecule has 0 spiro atoms. The van der Waals surface area contributed by atoms with Crippen LogP contribution in [0.15, 0.2) is 57.9 Å². The summed E-state index contributed by atoms with van der Waals surface area (Å²) < 4.78 is 8.69. The number of unbranched alkanes of at least 4 members (excludes halogenated alkanes) is 3. The van der Waals surface area contributed by atoms with Crippen molar-refractivity contribution in [3.63, 3.8) is 0 Å². The number of thiazole rings is 1. The van der Waals surface area contributed by atoms with Crippen LogP contribution in [-0.2, 0) is 6.42 Å². The molecular formula is C24H22N2O3S. The van der Waals surface area contributed by atoms with Crippen LogP contribution in [-0.4, -0.2) is 14.5 Å². The zero-order valence-corrected chi connectivity index (χ0v) is 17.5. The lowest BCUT2D eigenvalue weighted by Gasteiger charge is -2.07. The minimum atomic E-state index is -0.451. The third-order valence-corrected chi connectivity index (χ3v) is 6.54. The molecule has 0 aliphatic rings. The molecule has 3 heterocycles. The number of aromatic nitrogens is 2. The Balaban J connectivity index is 1.56. The molecule has 0 fully saturated rings. The van der Waals surface area contributed by atoms with Gasteiger partial charge in [-0.1, -0.05) is 49.7 Å². The van der Waals surface area contributed by atoms with Crippen LogP contribution in [0.3, 0.4) is 0 Å². The van der Waals surface area contributed by atoms with Crippen molar-refractivity contribution in [2.24, 2.45) is 0 Å². The molecule has 0 unspecified atom stereocenters. The average Bonchev–Trinajstić information content (AvgIpc) is 3.29. The Morgan fingerprint density at radius 3 is 2.87 bits per heavy atom. The summed E-state index contributed by atoms with van der Waals surface area (Å²) in [6.07, 6.45) is 7.24. The normalized spacial score (nSPS) is 11.8. The first-order valence-electron chi connectivity index (χ1n) is 10.3. The first-order valence-corrected chi connectivity index (χ1v) is 11.1. The molecule has 0 amide bonds. The van der Waals surface area contributed by atoms with Crippen LogP contribution < -0.4 is 5.63 Å². The minimum absolute atomic E-state index is 0.184. The van der Waals surface area contributed by atoms with E-state index in [1.165, 1.54) is 12.8 Å². The Hall–Kier alpha value is -3.12. The van der Waals surface area contributed by atoms with Crippen LogP contribution >= 0.6 is 11.3 Å². The number of fused-ring (bicyclic) bond motifs is 4. The van der Waals surface area contributed by atoms with Crippen molar-refractivity contribution in [2.75, 3.05) is 0 Å². The fourth-order valence-corrected chi connectivity index (χ4v) is 4.91. The van der Waals surface area contributed by atoms with Crippen molar-refractivity contribution in [2.45, 2.75) is 39.0 Å². The minimum Gasteiger partial charge on any atom is -0.508 e. The average molecular weight is 419 g/mol. The van der Waals surface area contributed by atoms with Gasteiger partial charge in [-0.2, -0.15) is 0 Å². The topological polar surface area (TPSA) is 67.7 Å². The lowest BCUT2D eigenvalue weighted by Crippen LogP contribution is -2.03. The molecular weight excluding hydrogens is 396 g/mol. The maximum Gasteiger partial charge on any atom is 0.345 e. The third-order valence-electron chi connectivity index (χ3n) is 5.51. The second kappa shape index (κ2) is 7.61. The summed E-state index contributed by atoms with van der Waals surface area (Å²) in [5.74, 6) is 0.184. The van der Waals surface area contributed by atoms with Crippen LogP contribution in [0.2, 0.25) is 0 Å². The Kier molecular flexibility index (Phi) is 4.79. The van der Waals surface area contributed by atoms with Crippen LogP contribution in [0.5, 0.6) is 5.75 Å². The predicted molar refractivity (Wildman–Crippen MR) is 122 cm³/mol. The van der Waals surface area contributed by atoms with Gasteiger partial charge in [0.25, 0.3) is 0 Å². The van der Waals surface area contributed by atoms with Gasteiger partial charge in [0.05, 0.1) is 21.5 Å². The summed E-state index contributed by atoms with van der Waals surface area (Å²) in [4.78, 5) is 18.2. The van der Waals surface area contributed by atoms with E-state index < -0.39 is 5.63 Å². The number of para-hydroxylation sites is 1. The summed E-state index contributed by atoms with van der Waals surface area (Å²) in [5.41, 5.74) is 2.93. The number of phenolic OH excluding ortho intramolecular Hbond substituents is 1. The van der Waals surface area contributed by atoms with Crippen molar-refractivity contribution in [1.29, 1.82) is 0 Å². The molecule has 5 rings (SSSR count). The number of aromatic hydroxyl groups is 1. The molecule has 0 saturated carbocycles. The molecule has 6 heteroatoms. The molecule has 0 bridgehead atoms. The van der Waals surface area contributed by atoms with Gasteiger partial charge in [-0.15, -0.1) is 0 Å². The first kappa shape index (κ1) is 18.9. The summed E-state index contributed by atoms with van der Waals surface area (Å²) in [5, 5.41) is 11.1. The standard InChI is InChI=1S/C24H22N2O3S/c1-2-3-4-5-8-15-11-16-12-17(23(28)29-21(16)13-20(15)27)18-14-26-19-9-6-7-10-22(19)30-24(26)25-18/h6-7,9-14,27H,2-5,8H2,1H3. The van der Waals surface area contributed by atoms with E-state index in [0.717, 1.165) is 45.4 Å². The Bertz CT molecular complexity index is 1430. The van der Waals surface area contributed by atoms with Gasteiger partial charge in [-0.25, -0.2) is 9.78 Å². The van der Waals surface area contributed by atoms with Crippen molar-refractivity contribution in [3.8, 4) is 17.0 Å². The van der Waals surface area contributed by atoms with Crippen LogP contribution in [0.1, 0.15) is 38.2 Å². The summed E-state index contributed by atoms with van der Waals surface area (Å²) >= 11 is 1.59. The van der Waals surface area contributed by atoms with Gasteiger partial charge in [0, 0.05) is 17.6 Å². The van der Waals surface area contributed by atoms with Gasteiger partial charge < -0.3 is 9.52 Å². The van der Waals surface area contributed by atoms with Crippen molar-refractivity contribution < 1.29 is 9.52 Å². The summed E-state index contributed by atoms with van der Waals surface area (Å²) in [7, 11) is 0. The van der Waals surface area contributed by atoms with Crippen molar-refractivity contribution in [1.82, 2.24) is 9.38 Å². The molecule has 0 aliphatic carbocycles. The van der Waals surface area contributed by atoms with E-state index in [4.69, 9.17) is 4.42 Å². The Morgan fingerprint density at radius 2 is 2.00 bits per heavy atom. The van der Waals surface area contributed by atoms with E-state index in [1.807, 2.05) is 40.9 Å². The van der Waals surface area contributed by atoms with E-state index in [0.29, 0.717) is 16.8 Å². The highest BCUT2D eigenvalue weighted by Crippen LogP contribution is 2.31. The molecule has 1 N–H and O–H groups in total.